The van der Waals surface area contributed by atoms with E-state index in [1.165, 1.54) is 18.8 Å². The number of fused-ring (bicyclic) bond motifs is 1. The van der Waals surface area contributed by atoms with Gasteiger partial charge in [0.05, 0.1) is 3.79 Å². The van der Waals surface area contributed by atoms with Gasteiger partial charge in [-0.05, 0) is 34.3 Å². The number of hydrogen-bond donors (Lipinski definition) is 1. The highest BCUT2D eigenvalue weighted by atomic mass is 79.9. The van der Waals surface area contributed by atoms with Crippen LogP contribution < -0.4 is 5.73 Å². The molecule has 0 amide bonds. The summed E-state index contributed by atoms with van der Waals surface area (Å²) in [7, 11) is 0. The molecule has 0 aliphatic rings. The van der Waals surface area contributed by atoms with Gasteiger partial charge in [-0.1, -0.05) is 6.07 Å². The molecule has 0 aliphatic heterocycles. The van der Waals surface area contributed by atoms with E-state index in [0.29, 0.717) is 0 Å². The Hall–Kier alpha value is -0.190. The average molecular weight is 274 g/mol. The van der Waals surface area contributed by atoms with Crippen molar-refractivity contribution in [2.45, 2.75) is 4.90 Å². The third-order valence-corrected chi connectivity index (χ3v) is 4.88. The fraction of sp³-hybridized carbons (Fsp3) is 0.111. The third kappa shape index (κ3) is 1.58. The van der Waals surface area contributed by atoms with Crippen LogP contribution in [0, 0.1) is 0 Å². The zero-order chi connectivity index (χ0) is 9.42. The standard InChI is InChI=1S/C9H8BrNS2/c1-12-8-6-3-2-5(11)4-7(6)13-9(8)10/h2-4H,11H2,1H3. The lowest BCUT2D eigenvalue weighted by atomic mass is 10.2. The molecule has 0 aliphatic carbocycles. The van der Waals surface area contributed by atoms with Gasteiger partial charge < -0.3 is 5.73 Å². The first-order valence-corrected chi connectivity index (χ1v) is 6.57. The van der Waals surface area contributed by atoms with Gasteiger partial charge in [-0.15, -0.1) is 23.1 Å². The van der Waals surface area contributed by atoms with Gasteiger partial charge in [-0.3, -0.25) is 0 Å². The van der Waals surface area contributed by atoms with E-state index in [1.54, 1.807) is 23.1 Å². The second kappa shape index (κ2) is 3.52. The second-order valence-corrected chi connectivity index (χ2v) is 5.85. The van der Waals surface area contributed by atoms with Crippen molar-refractivity contribution in [1.29, 1.82) is 0 Å². The summed E-state index contributed by atoms with van der Waals surface area (Å²) in [5, 5.41) is 1.29. The number of benzene rings is 1. The van der Waals surface area contributed by atoms with Crippen molar-refractivity contribution in [2.75, 3.05) is 12.0 Å². The minimum atomic E-state index is 0.828. The third-order valence-electron chi connectivity index (χ3n) is 1.83. The van der Waals surface area contributed by atoms with Crippen LogP contribution in [0.2, 0.25) is 0 Å². The number of nitrogens with two attached hydrogens (primary N) is 1. The fourth-order valence-electron chi connectivity index (χ4n) is 1.25. The smallest absolute Gasteiger partial charge is 0.0846 e. The van der Waals surface area contributed by atoms with E-state index in [9.17, 15) is 0 Å². The number of halogens is 1. The minimum Gasteiger partial charge on any atom is -0.399 e. The number of thiophene rings is 1. The van der Waals surface area contributed by atoms with E-state index in [4.69, 9.17) is 5.73 Å². The number of nitrogen functional groups attached to an aromatic ring is 1. The lowest BCUT2D eigenvalue weighted by Crippen LogP contribution is -1.81. The molecule has 0 fully saturated rings. The Balaban J connectivity index is 2.79. The van der Waals surface area contributed by atoms with Crippen molar-refractivity contribution in [2.24, 2.45) is 0 Å². The maximum atomic E-state index is 5.71. The van der Waals surface area contributed by atoms with Crippen LogP contribution in [-0.4, -0.2) is 6.26 Å². The van der Waals surface area contributed by atoms with Gasteiger partial charge in [0.15, 0.2) is 0 Å². The highest BCUT2D eigenvalue weighted by Crippen LogP contribution is 2.41. The lowest BCUT2D eigenvalue weighted by molar-refractivity contribution is 1.61. The molecular formula is C9H8BrNS2. The zero-order valence-corrected chi connectivity index (χ0v) is 10.2. The van der Waals surface area contributed by atoms with Crippen LogP contribution in [0.15, 0.2) is 26.9 Å². The van der Waals surface area contributed by atoms with Crippen LogP contribution >= 0.6 is 39.0 Å². The Morgan fingerprint density at radius 1 is 1.46 bits per heavy atom. The molecule has 68 valence electrons. The molecule has 1 aromatic carbocycles. The van der Waals surface area contributed by atoms with Crippen molar-refractivity contribution in [3.8, 4) is 0 Å². The van der Waals surface area contributed by atoms with E-state index in [2.05, 4.69) is 28.3 Å². The number of rotatable bonds is 1. The largest absolute Gasteiger partial charge is 0.399 e. The Kier molecular flexibility index (Phi) is 2.53. The first-order valence-electron chi connectivity index (χ1n) is 3.74. The Labute approximate surface area is 93.4 Å². The first-order chi connectivity index (χ1) is 6.22. The summed E-state index contributed by atoms with van der Waals surface area (Å²) >= 11 is 7.04. The zero-order valence-electron chi connectivity index (χ0n) is 7.00. The molecule has 0 spiro atoms. The highest BCUT2D eigenvalue weighted by Gasteiger charge is 2.08. The van der Waals surface area contributed by atoms with Gasteiger partial charge in [-0.2, -0.15) is 0 Å². The summed E-state index contributed by atoms with van der Waals surface area (Å²) in [5.41, 5.74) is 6.54. The van der Waals surface area contributed by atoms with Crippen molar-refractivity contribution in [3.63, 3.8) is 0 Å². The van der Waals surface area contributed by atoms with Crippen molar-refractivity contribution < 1.29 is 0 Å². The summed E-state index contributed by atoms with van der Waals surface area (Å²) in [4.78, 5) is 1.31. The monoisotopic (exact) mass is 273 g/mol. The molecule has 4 heteroatoms. The molecule has 0 bridgehead atoms. The Morgan fingerprint density at radius 3 is 2.92 bits per heavy atom. The van der Waals surface area contributed by atoms with Crippen LogP contribution in [0.1, 0.15) is 0 Å². The normalized spacial score (nSPS) is 10.9. The lowest BCUT2D eigenvalue weighted by Gasteiger charge is -1.95. The van der Waals surface area contributed by atoms with Gasteiger partial charge in [0, 0.05) is 20.7 Å². The van der Waals surface area contributed by atoms with Crippen LogP contribution in [0.3, 0.4) is 0 Å². The molecule has 2 aromatic rings. The van der Waals surface area contributed by atoms with Gasteiger partial charge >= 0.3 is 0 Å². The van der Waals surface area contributed by atoms with Gasteiger partial charge in [0.2, 0.25) is 0 Å². The van der Waals surface area contributed by atoms with E-state index >= 15 is 0 Å². The minimum absolute atomic E-state index is 0.828. The van der Waals surface area contributed by atoms with Crippen molar-refractivity contribution >= 4 is 54.8 Å². The molecule has 0 saturated carbocycles. The molecule has 1 nitrogen and oxygen atoms in total. The van der Waals surface area contributed by atoms with E-state index < -0.39 is 0 Å². The summed E-state index contributed by atoms with van der Waals surface area (Å²) < 4.78 is 2.44. The first kappa shape index (κ1) is 9.37. The molecule has 0 radical (unpaired) electrons. The second-order valence-electron chi connectivity index (χ2n) is 2.66. The summed E-state index contributed by atoms with van der Waals surface area (Å²) in [5.74, 6) is 0. The van der Waals surface area contributed by atoms with Crippen LogP contribution in [0.4, 0.5) is 5.69 Å². The van der Waals surface area contributed by atoms with E-state index in [-0.39, 0.29) is 0 Å². The van der Waals surface area contributed by atoms with E-state index in [0.717, 1.165) is 5.69 Å². The maximum absolute atomic E-state index is 5.71. The van der Waals surface area contributed by atoms with Crippen molar-refractivity contribution in [1.82, 2.24) is 0 Å². The molecule has 1 heterocycles. The average Bonchev–Trinajstić information content (AvgIpc) is 2.39. The van der Waals surface area contributed by atoms with Gasteiger partial charge in [0.25, 0.3) is 0 Å². The Morgan fingerprint density at radius 2 is 2.23 bits per heavy atom. The number of hydrogen-bond acceptors (Lipinski definition) is 3. The fourth-order valence-corrected chi connectivity index (χ4v) is 4.34. The topological polar surface area (TPSA) is 26.0 Å². The molecule has 0 unspecified atom stereocenters. The van der Waals surface area contributed by atoms with Crippen molar-refractivity contribution in [3.05, 3.63) is 22.0 Å². The van der Waals surface area contributed by atoms with E-state index in [1.807, 2.05) is 12.1 Å². The molecule has 2 rings (SSSR count). The SMILES string of the molecule is CSc1c(Br)sc2cc(N)ccc12. The van der Waals surface area contributed by atoms with Gasteiger partial charge in [-0.25, -0.2) is 0 Å². The van der Waals surface area contributed by atoms with Crippen LogP contribution in [-0.2, 0) is 0 Å². The molecule has 0 atom stereocenters. The predicted molar refractivity (Wildman–Crippen MR) is 65.7 cm³/mol. The maximum Gasteiger partial charge on any atom is 0.0846 e. The predicted octanol–water partition coefficient (Wildman–Crippen LogP) is 3.97. The Bertz CT molecular complexity index is 450. The summed E-state index contributed by atoms with van der Waals surface area (Å²) in [6.45, 7) is 0. The molecular weight excluding hydrogens is 266 g/mol. The number of anilines is 1. The van der Waals surface area contributed by atoms with Crippen LogP contribution in [0.25, 0.3) is 10.1 Å². The van der Waals surface area contributed by atoms with Gasteiger partial charge in [0.1, 0.15) is 0 Å². The molecule has 2 N–H and O–H groups in total. The summed E-state index contributed by atoms with van der Waals surface area (Å²) in [6.07, 6.45) is 2.09. The summed E-state index contributed by atoms with van der Waals surface area (Å²) in [6, 6.07) is 6.05. The quantitative estimate of drug-likeness (QED) is 0.629. The van der Waals surface area contributed by atoms with Crippen LogP contribution in [0.5, 0.6) is 0 Å². The number of thioether (sulfide) groups is 1. The molecule has 13 heavy (non-hydrogen) atoms. The highest BCUT2D eigenvalue weighted by molar-refractivity contribution is 9.11. The molecule has 0 saturated heterocycles. The molecule has 1 aromatic heterocycles.